The Morgan fingerprint density at radius 3 is 2.39 bits per heavy atom. The Morgan fingerprint density at radius 1 is 1.07 bits per heavy atom. The van der Waals surface area contributed by atoms with Crippen LogP contribution in [0.5, 0.6) is 5.75 Å². The molecular weight excluding hydrogens is 358 g/mol. The molecule has 7 heteroatoms. The SMILES string of the molecule is COc1cccc2c(NC(=O)CN3C(=O)c4ccccc4C3=O)cc(C)nc12. The third-order valence-corrected chi connectivity index (χ3v) is 4.60. The number of anilines is 1. The van der Waals surface area contributed by atoms with Gasteiger partial charge in [0.05, 0.1) is 23.9 Å². The van der Waals surface area contributed by atoms with E-state index in [0.29, 0.717) is 39.2 Å². The van der Waals surface area contributed by atoms with Crippen molar-refractivity contribution >= 4 is 34.3 Å². The number of fused-ring (bicyclic) bond motifs is 2. The van der Waals surface area contributed by atoms with E-state index < -0.39 is 17.7 Å². The van der Waals surface area contributed by atoms with Gasteiger partial charge in [-0.2, -0.15) is 0 Å². The van der Waals surface area contributed by atoms with E-state index in [-0.39, 0.29) is 6.54 Å². The number of nitrogens with zero attached hydrogens (tertiary/aromatic N) is 2. The molecule has 3 amide bonds. The van der Waals surface area contributed by atoms with Gasteiger partial charge in [0.1, 0.15) is 17.8 Å². The Hall–Kier alpha value is -3.74. The molecule has 0 unspecified atom stereocenters. The minimum Gasteiger partial charge on any atom is -0.494 e. The highest BCUT2D eigenvalue weighted by molar-refractivity contribution is 6.22. The lowest BCUT2D eigenvalue weighted by atomic mass is 10.1. The largest absolute Gasteiger partial charge is 0.494 e. The van der Waals surface area contributed by atoms with Gasteiger partial charge in [-0.15, -0.1) is 0 Å². The molecule has 0 bridgehead atoms. The van der Waals surface area contributed by atoms with E-state index in [9.17, 15) is 14.4 Å². The van der Waals surface area contributed by atoms with Crippen molar-refractivity contribution in [2.45, 2.75) is 6.92 Å². The maximum absolute atomic E-state index is 12.6. The highest BCUT2D eigenvalue weighted by Crippen LogP contribution is 2.30. The molecule has 0 radical (unpaired) electrons. The first-order valence-electron chi connectivity index (χ1n) is 8.69. The second-order valence-corrected chi connectivity index (χ2v) is 6.46. The van der Waals surface area contributed by atoms with Gasteiger partial charge in [-0.25, -0.2) is 4.98 Å². The summed E-state index contributed by atoms with van der Waals surface area (Å²) in [5.41, 5.74) is 2.50. The maximum Gasteiger partial charge on any atom is 0.262 e. The lowest BCUT2D eigenvalue weighted by molar-refractivity contribution is -0.116. The maximum atomic E-state index is 12.6. The minimum atomic E-state index is -0.468. The number of nitrogens with one attached hydrogen (secondary N) is 1. The van der Waals surface area contributed by atoms with Crippen molar-refractivity contribution in [1.29, 1.82) is 0 Å². The first kappa shape index (κ1) is 17.7. The summed E-state index contributed by atoms with van der Waals surface area (Å²) in [6, 6.07) is 13.7. The van der Waals surface area contributed by atoms with Crippen molar-refractivity contribution in [3.05, 3.63) is 65.4 Å². The average Bonchev–Trinajstić information content (AvgIpc) is 2.92. The van der Waals surface area contributed by atoms with Crippen molar-refractivity contribution in [2.24, 2.45) is 0 Å². The number of hydrogen-bond acceptors (Lipinski definition) is 5. The first-order valence-corrected chi connectivity index (χ1v) is 8.69. The van der Waals surface area contributed by atoms with Crippen LogP contribution >= 0.6 is 0 Å². The lowest BCUT2D eigenvalue weighted by Gasteiger charge is -2.15. The fourth-order valence-electron chi connectivity index (χ4n) is 3.33. The molecule has 1 aromatic heterocycles. The van der Waals surface area contributed by atoms with E-state index in [0.717, 1.165) is 4.90 Å². The van der Waals surface area contributed by atoms with Crippen molar-refractivity contribution in [3.63, 3.8) is 0 Å². The minimum absolute atomic E-state index is 0.315. The van der Waals surface area contributed by atoms with E-state index in [1.54, 1.807) is 49.6 Å². The molecule has 2 heterocycles. The monoisotopic (exact) mass is 375 g/mol. The molecule has 2 aromatic carbocycles. The number of benzene rings is 2. The molecule has 3 aromatic rings. The molecule has 0 fully saturated rings. The number of aryl methyl sites for hydroxylation is 1. The molecular formula is C21H17N3O4. The third-order valence-electron chi connectivity index (χ3n) is 4.60. The zero-order valence-electron chi connectivity index (χ0n) is 15.4. The molecule has 0 saturated carbocycles. The molecule has 1 aliphatic rings. The Bertz CT molecular complexity index is 1100. The van der Waals surface area contributed by atoms with Crippen molar-refractivity contribution in [2.75, 3.05) is 19.0 Å². The highest BCUT2D eigenvalue weighted by Gasteiger charge is 2.36. The first-order chi connectivity index (χ1) is 13.5. The number of aromatic nitrogens is 1. The van der Waals surface area contributed by atoms with Crippen LogP contribution in [0.15, 0.2) is 48.5 Å². The average molecular weight is 375 g/mol. The van der Waals surface area contributed by atoms with Gasteiger partial charge < -0.3 is 10.1 Å². The molecule has 28 heavy (non-hydrogen) atoms. The second-order valence-electron chi connectivity index (χ2n) is 6.46. The molecule has 0 atom stereocenters. The van der Waals surface area contributed by atoms with Crippen LogP contribution in [0.1, 0.15) is 26.4 Å². The summed E-state index contributed by atoms with van der Waals surface area (Å²) in [6.07, 6.45) is 0. The molecule has 0 saturated heterocycles. The Kier molecular flexibility index (Phi) is 4.27. The van der Waals surface area contributed by atoms with Gasteiger partial charge in [0.2, 0.25) is 5.91 Å². The van der Waals surface area contributed by atoms with Gasteiger partial charge in [-0.3, -0.25) is 19.3 Å². The van der Waals surface area contributed by atoms with Gasteiger partial charge in [0.25, 0.3) is 11.8 Å². The van der Waals surface area contributed by atoms with Crippen molar-refractivity contribution in [3.8, 4) is 5.75 Å². The fourth-order valence-corrected chi connectivity index (χ4v) is 3.33. The number of amides is 3. The van der Waals surface area contributed by atoms with Crippen molar-refractivity contribution < 1.29 is 19.1 Å². The number of carbonyl (C=O) groups excluding carboxylic acids is 3. The standard InChI is InChI=1S/C21H17N3O4/c1-12-10-16(15-8-5-9-17(28-2)19(15)22-12)23-18(25)11-24-20(26)13-6-3-4-7-14(13)21(24)27/h3-10H,11H2,1-2H3,(H,22,23,25). The van der Waals surface area contributed by atoms with Crippen molar-refractivity contribution in [1.82, 2.24) is 9.88 Å². The Labute approximate surface area is 160 Å². The van der Waals surface area contributed by atoms with Crippen LogP contribution in [0.2, 0.25) is 0 Å². The van der Waals surface area contributed by atoms with E-state index in [1.165, 1.54) is 0 Å². The summed E-state index contributed by atoms with van der Waals surface area (Å²) in [6.45, 7) is 1.45. The number of pyridine rings is 1. The topological polar surface area (TPSA) is 88.6 Å². The van der Waals surface area contributed by atoms with Crippen LogP contribution in [0.3, 0.4) is 0 Å². The third kappa shape index (κ3) is 2.87. The summed E-state index contributed by atoms with van der Waals surface area (Å²) in [5.74, 6) is -0.803. The number of imide groups is 1. The van der Waals surface area contributed by atoms with E-state index >= 15 is 0 Å². The number of rotatable bonds is 4. The van der Waals surface area contributed by atoms with Crippen LogP contribution in [-0.2, 0) is 4.79 Å². The predicted octanol–water partition coefficient (Wildman–Crippen LogP) is 2.79. The van der Waals surface area contributed by atoms with Gasteiger partial charge in [0.15, 0.2) is 0 Å². The van der Waals surface area contributed by atoms with E-state index in [1.807, 2.05) is 13.0 Å². The zero-order chi connectivity index (χ0) is 19.8. The van der Waals surface area contributed by atoms with Gasteiger partial charge in [-0.1, -0.05) is 24.3 Å². The van der Waals surface area contributed by atoms with Crippen LogP contribution in [-0.4, -0.2) is 41.3 Å². The van der Waals surface area contributed by atoms with Gasteiger partial charge in [-0.05, 0) is 31.2 Å². The predicted molar refractivity (Wildman–Crippen MR) is 103 cm³/mol. The van der Waals surface area contributed by atoms with Gasteiger partial charge in [0, 0.05) is 11.1 Å². The molecule has 0 aliphatic carbocycles. The quantitative estimate of drug-likeness (QED) is 0.709. The van der Waals surface area contributed by atoms with E-state index in [4.69, 9.17) is 4.74 Å². The number of ether oxygens (including phenoxy) is 1. The van der Waals surface area contributed by atoms with E-state index in [2.05, 4.69) is 10.3 Å². The normalized spacial score (nSPS) is 13.0. The van der Waals surface area contributed by atoms with Crippen LogP contribution in [0, 0.1) is 6.92 Å². The summed E-state index contributed by atoms with van der Waals surface area (Å²) in [5, 5.41) is 3.50. The Morgan fingerprint density at radius 2 is 1.75 bits per heavy atom. The molecule has 140 valence electrons. The fraction of sp³-hybridized carbons (Fsp3) is 0.143. The molecule has 1 N–H and O–H groups in total. The molecule has 1 aliphatic heterocycles. The summed E-state index contributed by atoms with van der Waals surface area (Å²) in [7, 11) is 1.55. The molecule has 0 spiro atoms. The van der Waals surface area contributed by atoms with Gasteiger partial charge >= 0.3 is 0 Å². The summed E-state index contributed by atoms with van der Waals surface area (Å²) < 4.78 is 5.34. The second kappa shape index (κ2) is 6.77. The number of hydrogen-bond donors (Lipinski definition) is 1. The molecule has 4 rings (SSSR count). The zero-order valence-corrected chi connectivity index (χ0v) is 15.4. The van der Waals surface area contributed by atoms with Crippen LogP contribution < -0.4 is 10.1 Å². The lowest BCUT2D eigenvalue weighted by Crippen LogP contribution is -2.37. The molecule has 7 nitrogen and oxygen atoms in total. The van der Waals surface area contributed by atoms with Crippen LogP contribution in [0.25, 0.3) is 10.9 Å². The number of methoxy groups -OCH3 is 1. The Balaban J connectivity index is 1.60. The number of para-hydroxylation sites is 1. The summed E-state index contributed by atoms with van der Waals surface area (Å²) in [4.78, 5) is 42.9. The highest BCUT2D eigenvalue weighted by atomic mass is 16.5. The smallest absolute Gasteiger partial charge is 0.262 e. The number of carbonyl (C=O) groups is 3. The van der Waals surface area contributed by atoms with Crippen LogP contribution in [0.4, 0.5) is 5.69 Å². The summed E-state index contributed by atoms with van der Waals surface area (Å²) >= 11 is 0.